The normalized spacial score (nSPS) is 20.2. The monoisotopic (exact) mass is 1090 g/mol. The van der Waals surface area contributed by atoms with Crippen LogP contribution in [0.5, 0.6) is 0 Å². The molecule has 0 aromatic carbocycles. The minimum absolute atomic E-state index is 0.0419. The number of hydrogen-bond acceptors (Lipinski definition) is 17. The van der Waals surface area contributed by atoms with E-state index in [0.29, 0.717) is 40.9 Å². The van der Waals surface area contributed by atoms with Crippen molar-refractivity contribution in [3.63, 3.8) is 0 Å². The fourth-order valence-electron chi connectivity index (χ4n) is 5.90. The van der Waals surface area contributed by atoms with E-state index in [-0.39, 0.29) is 54.9 Å². The molecule has 0 heterocycles. The summed E-state index contributed by atoms with van der Waals surface area (Å²) < 4.78 is 52.3. The topological polar surface area (TPSA) is 111 Å². The van der Waals surface area contributed by atoms with E-state index in [1.54, 1.807) is 0 Å². The SMILES string of the molecule is CC(C)CC(C)OP(=S)(OC(C)CC(C)C)SCC(C)OP(=S)(OC(C)CSP(=S)(OC(C)CC(C)C)OC(C)CC(C)C)SCC(C)OP(=S)(OC(C)C)SCCC(=O)O. The summed E-state index contributed by atoms with van der Waals surface area (Å²) in [7, 11) is 0. The van der Waals surface area contributed by atoms with E-state index in [0.717, 1.165) is 25.7 Å². The summed E-state index contributed by atoms with van der Waals surface area (Å²) in [4.78, 5) is 11.3. The Kier molecular flexibility index (Phi) is 33.8. The van der Waals surface area contributed by atoms with Crippen molar-refractivity contribution in [1.29, 1.82) is 0 Å². The zero-order valence-corrected chi connectivity index (χ0v) is 50.1. The molecule has 366 valence electrons. The first-order valence-corrected chi connectivity index (χ1v) is 38.5. The first-order chi connectivity index (χ1) is 27.9. The van der Waals surface area contributed by atoms with Crippen LogP contribution in [0.1, 0.15) is 150 Å². The summed E-state index contributed by atoms with van der Waals surface area (Å²) in [6.07, 6.45) is 1.93. The van der Waals surface area contributed by atoms with Crippen LogP contribution in [0.4, 0.5) is 0 Å². The van der Waals surface area contributed by atoms with Crippen LogP contribution in [0.25, 0.3) is 0 Å². The highest BCUT2D eigenvalue weighted by Crippen LogP contribution is 2.68. The summed E-state index contributed by atoms with van der Waals surface area (Å²) in [6.45, 7) is 35.3. The molecule has 0 fully saturated rings. The smallest absolute Gasteiger partial charge is 0.304 e. The predicted molar refractivity (Wildman–Crippen MR) is 287 cm³/mol. The number of hydrogen-bond donors (Lipinski definition) is 1. The van der Waals surface area contributed by atoms with E-state index in [2.05, 4.69) is 83.1 Å². The predicted octanol–water partition coefficient (Wildman–Crippen LogP) is 15.7. The van der Waals surface area contributed by atoms with Gasteiger partial charge in [0.2, 0.25) is 22.8 Å². The second-order valence-corrected chi connectivity index (χ2v) is 42.9. The van der Waals surface area contributed by atoms with Gasteiger partial charge < -0.3 is 41.3 Å². The van der Waals surface area contributed by atoms with Crippen LogP contribution in [-0.2, 0) is 88.2 Å². The highest BCUT2D eigenvalue weighted by molar-refractivity contribution is 8.69. The lowest BCUT2D eigenvalue weighted by molar-refractivity contribution is -0.136. The van der Waals surface area contributed by atoms with E-state index in [1.165, 1.54) is 45.5 Å². The molecule has 22 heteroatoms. The molecule has 10 nitrogen and oxygen atoms in total. The molecule has 0 radical (unpaired) electrons. The van der Waals surface area contributed by atoms with Crippen LogP contribution in [0, 0.1) is 23.7 Å². The molecule has 0 aromatic heterocycles. The molecule has 0 saturated heterocycles. The second kappa shape index (κ2) is 32.1. The summed E-state index contributed by atoms with van der Waals surface area (Å²) in [5.74, 6) is 2.59. The Morgan fingerprint density at radius 1 is 0.410 bits per heavy atom. The van der Waals surface area contributed by atoms with Crippen LogP contribution in [0.2, 0.25) is 0 Å². The molecule has 0 bridgehead atoms. The van der Waals surface area contributed by atoms with Gasteiger partial charge in [-0.3, -0.25) is 4.79 Å². The van der Waals surface area contributed by atoms with Gasteiger partial charge >= 0.3 is 5.97 Å². The van der Waals surface area contributed by atoms with Crippen molar-refractivity contribution in [1.82, 2.24) is 0 Å². The van der Waals surface area contributed by atoms with Gasteiger partial charge in [-0.15, -0.1) is 0 Å². The van der Waals surface area contributed by atoms with E-state index in [1.807, 2.05) is 34.6 Å². The molecule has 61 heavy (non-hydrogen) atoms. The minimum Gasteiger partial charge on any atom is -0.481 e. The molecule has 0 aliphatic heterocycles. The molecule has 0 rings (SSSR count). The summed E-state index contributed by atoms with van der Waals surface area (Å²) in [5.41, 5.74) is -11.5. The number of aliphatic carboxylic acids is 1. The molecule has 0 aromatic rings. The lowest BCUT2D eigenvalue weighted by Gasteiger charge is -2.33. The lowest BCUT2D eigenvalue weighted by Crippen LogP contribution is -2.18. The number of carbonyl (C=O) groups is 1. The molecule has 8 atom stereocenters. The van der Waals surface area contributed by atoms with Crippen molar-refractivity contribution in [3.8, 4) is 0 Å². The largest absolute Gasteiger partial charge is 0.481 e. The Labute approximate surface area is 409 Å². The van der Waals surface area contributed by atoms with E-state index < -0.39 is 34.8 Å². The number of rotatable bonds is 37. The maximum absolute atomic E-state index is 11.3. The Balaban J connectivity index is 6.48. The van der Waals surface area contributed by atoms with Gasteiger partial charge in [0, 0.05) is 23.0 Å². The lowest BCUT2D eigenvalue weighted by atomic mass is 10.1. The van der Waals surface area contributed by atoms with Gasteiger partial charge in [0.05, 0.1) is 55.3 Å². The van der Waals surface area contributed by atoms with Crippen molar-refractivity contribution in [3.05, 3.63) is 0 Å². The Hall–Kier alpha value is 3.15. The van der Waals surface area contributed by atoms with Crippen LogP contribution in [-0.4, -0.2) is 82.9 Å². The van der Waals surface area contributed by atoms with E-state index in [4.69, 9.17) is 83.4 Å². The maximum atomic E-state index is 11.3. The Bertz CT molecular complexity index is 1320. The van der Waals surface area contributed by atoms with Crippen molar-refractivity contribution in [2.45, 2.75) is 199 Å². The highest BCUT2D eigenvalue weighted by atomic mass is 32.9. The fraction of sp³-hybridized carbons (Fsp3) is 0.974. The van der Waals surface area contributed by atoms with Crippen molar-refractivity contribution in [2.75, 3.05) is 23.0 Å². The number of carboxylic acid groups (broad SMARTS) is 1. The van der Waals surface area contributed by atoms with Crippen molar-refractivity contribution < 1.29 is 46.1 Å². The zero-order valence-electron chi connectivity index (χ0n) is 40.0. The zero-order chi connectivity index (χ0) is 47.4. The van der Waals surface area contributed by atoms with Gasteiger partial charge in [0.15, 0.2) is 0 Å². The standard InChI is InChI=1S/C39H82O10P4S8/c1-27(2)20-32(11)43-51(55,44-33(12)21-28(3)4)59-25-37(16)48-53(57,61-24-36(15)47-50(54,42-31(9)10)58-19-18-39(40)41)49-38(17)26-60-52(56,45-34(13)22-29(5)6)46-35(14)23-30(7)8/h27-38H,18-26H2,1-17H3,(H,40,41). The van der Waals surface area contributed by atoms with Gasteiger partial charge in [-0.1, -0.05) is 101 Å². The molecule has 1 N–H and O–H groups in total. The summed E-state index contributed by atoms with van der Waals surface area (Å²) >= 11 is 30.3. The molecule has 0 saturated carbocycles. The Morgan fingerprint density at radius 2 is 0.639 bits per heavy atom. The Morgan fingerprint density at radius 3 is 0.852 bits per heavy atom. The van der Waals surface area contributed by atoms with Crippen LogP contribution < -0.4 is 0 Å². The number of carboxylic acids is 1. The molecular weight excluding hydrogens is 1010 g/mol. The third-order valence-corrected chi connectivity index (χ3v) is 29.8. The summed E-state index contributed by atoms with van der Waals surface area (Å²) in [6, 6.07) is 0. The van der Waals surface area contributed by atoms with Gasteiger partial charge in [-0.2, -0.15) is 0 Å². The average Bonchev–Trinajstić information content (AvgIpc) is 3.03. The third-order valence-electron chi connectivity index (χ3n) is 7.68. The maximum Gasteiger partial charge on any atom is 0.304 e. The first kappa shape index (κ1) is 64.2. The first-order valence-electron chi connectivity index (χ1n) is 21.5. The summed E-state index contributed by atoms with van der Waals surface area (Å²) in [5, 5.41) is 9.24. The van der Waals surface area contributed by atoms with E-state index >= 15 is 0 Å². The molecular formula is C39H82O10P4S8. The van der Waals surface area contributed by atoms with Crippen molar-refractivity contribution >= 4 is 121 Å². The minimum atomic E-state index is -3.07. The quantitative estimate of drug-likeness (QED) is 0.0595. The van der Waals surface area contributed by atoms with Gasteiger partial charge in [-0.05, 0) is 159 Å². The van der Waals surface area contributed by atoms with E-state index in [9.17, 15) is 9.90 Å². The fourth-order valence-corrected chi connectivity index (χ4v) is 28.4. The molecule has 8 unspecified atom stereocenters. The highest BCUT2D eigenvalue weighted by Gasteiger charge is 2.34. The van der Waals surface area contributed by atoms with Crippen molar-refractivity contribution in [2.24, 2.45) is 23.7 Å². The van der Waals surface area contributed by atoms with Gasteiger partial charge in [-0.25, -0.2) is 0 Å². The molecule has 0 aliphatic rings. The third kappa shape index (κ3) is 33.3. The van der Waals surface area contributed by atoms with Crippen LogP contribution in [0.3, 0.4) is 0 Å². The second-order valence-electron chi connectivity index (χ2n) is 17.7. The molecule has 0 amide bonds. The van der Waals surface area contributed by atoms with Crippen LogP contribution >= 0.6 is 68.3 Å². The molecule has 0 aliphatic carbocycles. The van der Waals surface area contributed by atoms with Gasteiger partial charge in [0.25, 0.3) is 0 Å². The van der Waals surface area contributed by atoms with Gasteiger partial charge in [0.1, 0.15) is 0 Å². The van der Waals surface area contributed by atoms with Crippen LogP contribution in [0.15, 0.2) is 0 Å². The molecule has 0 spiro atoms. The average molecular weight is 1090 g/mol.